The maximum absolute atomic E-state index is 12.1. The van der Waals surface area contributed by atoms with Crippen LogP contribution in [0.3, 0.4) is 0 Å². The van der Waals surface area contributed by atoms with Crippen LogP contribution in [0.25, 0.3) is 10.9 Å². The fourth-order valence-corrected chi connectivity index (χ4v) is 3.65. The van der Waals surface area contributed by atoms with Gasteiger partial charge in [-0.2, -0.15) is 0 Å². The number of hydrogen-bond acceptors (Lipinski definition) is 3. The topological polar surface area (TPSA) is 69.8 Å². The molecule has 1 aromatic carbocycles. The molecule has 0 aliphatic heterocycles. The number of anilines is 2. The quantitative estimate of drug-likeness (QED) is 0.664. The predicted octanol–water partition coefficient (Wildman–Crippen LogP) is 4.54. The first kappa shape index (κ1) is 13.3. The molecule has 0 radical (unpaired) electrons. The van der Waals surface area contributed by atoms with E-state index in [0.717, 1.165) is 16.6 Å². The Morgan fingerprint density at radius 3 is 3.00 bits per heavy atom. The molecule has 0 unspecified atom stereocenters. The fraction of sp³-hybridized carbons (Fsp3) is 0.250. The molecule has 112 valence electrons. The SMILES string of the molecule is O=C(Nc1ncc(C2CCC2)s1)Nc1cccc2[nH]ccc12. The summed E-state index contributed by atoms with van der Waals surface area (Å²) >= 11 is 1.57. The van der Waals surface area contributed by atoms with E-state index in [-0.39, 0.29) is 6.03 Å². The summed E-state index contributed by atoms with van der Waals surface area (Å²) in [5, 5.41) is 7.35. The van der Waals surface area contributed by atoms with Crippen molar-refractivity contribution >= 4 is 39.1 Å². The van der Waals surface area contributed by atoms with E-state index in [1.54, 1.807) is 11.3 Å². The second-order valence-corrected chi connectivity index (χ2v) is 6.58. The van der Waals surface area contributed by atoms with Crippen molar-refractivity contribution < 1.29 is 4.79 Å². The van der Waals surface area contributed by atoms with Gasteiger partial charge in [0.2, 0.25) is 0 Å². The lowest BCUT2D eigenvalue weighted by Crippen LogP contribution is -2.19. The number of fused-ring (bicyclic) bond motifs is 1. The highest BCUT2D eigenvalue weighted by Gasteiger charge is 2.22. The number of benzene rings is 1. The molecule has 2 heterocycles. The molecule has 0 spiro atoms. The summed E-state index contributed by atoms with van der Waals surface area (Å²) in [4.78, 5) is 20.8. The van der Waals surface area contributed by atoms with Crippen molar-refractivity contribution in [2.24, 2.45) is 0 Å². The van der Waals surface area contributed by atoms with Crippen LogP contribution in [-0.4, -0.2) is 16.0 Å². The zero-order valence-corrected chi connectivity index (χ0v) is 12.7. The molecule has 22 heavy (non-hydrogen) atoms. The van der Waals surface area contributed by atoms with Gasteiger partial charge in [0.1, 0.15) is 0 Å². The molecule has 6 heteroatoms. The van der Waals surface area contributed by atoms with Gasteiger partial charge in [-0.25, -0.2) is 9.78 Å². The molecule has 1 aliphatic rings. The number of carbonyl (C=O) groups is 1. The van der Waals surface area contributed by atoms with Gasteiger partial charge in [0.15, 0.2) is 5.13 Å². The van der Waals surface area contributed by atoms with Crippen LogP contribution in [0.5, 0.6) is 0 Å². The van der Waals surface area contributed by atoms with Gasteiger partial charge in [0.25, 0.3) is 0 Å². The van der Waals surface area contributed by atoms with E-state index in [0.29, 0.717) is 11.0 Å². The van der Waals surface area contributed by atoms with Crippen molar-refractivity contribution in [3.63, 3.8) is 0 Å². The third-order valence-corrected chi connectivity index (χ3v) is 5.17. The van der Waals surface area contributed by atoms with Crippen LogP contribution in [0.4, 0.5) is 15.6 Å². The second kappa shape index (κ2) is 5.46. The van der Waals surface area contributed by atoms with Gasteiger partial charge in [-0.1, -0.05) is 12.5 Å². The van der Waals surface area contributed by atoms with Gasteiger partial charge in [0, 0.05) is 28.2 Å². The highest BCUT2D eigenvalue weighted by Crippen LogP contribution is 2.39. The third kappa shape index (κ3) is 2.46. The summed E-state index contributed by atoms with van der Waals surface area (Å²) < 4.78 is 0. The molecule has 1 aliphatic carbocycles. The minimum absolute atomic E-state index is 0.261. The molecule has 0 saturated heterocycles. The first-order valence-corrected chi connectivity index (χ1v) is 8.21. The number of aromatic nitrogens is 2. The molecule has 4 rings (SSSR count). The van der Waals surface area contributed by atoms with E-state index in [4.69, 9.17) is 0 Å². The highest BCUT2D eigenvalue weighted by molar-refractivity contribution is 7.15. The summed E-state index contributed by atoms with van der Waals surface area (Å²) in [5.41, 5.74) is 1.78. The first-order chi connectivity index (χ1) is 10.8. The van der Waals surface area contributed by atoms with Gasteiger partial charge in [-0.3, -0.25) is 5.32 Å². The molecule has 3 aromatic rings. The zero-order valence-electron chi connectivity index (χ0n) is 11.9. The molecule has 0 atom stereocenters. The van der Waals surface area contributed by atoms with Crippen molar-refractivity contribution in [3.8, 4) is 0 Å². The van der Waals surface area contributed by atoms with E-state index in [2.05, 4.69) is 20.6 Å². The van der Waals surface area contributed by atoms with Crippen molar-refractivity contribution in [2.75, 3.05) is 10.6 Å². The largest absolute Gasteiger partial charge is 0.361 e. The maximum Gasteiger partial charge on any atom is 0.325 e. The lowest BCUT2D eigenvalue weighted by atomic mass is 9.85. The van der Waals surface area contributed by atoms with Crippen LogP contribution in [0.1, 0.15) is 30.1 Å². The third-order valence-electron chi connectivity index (χ3n) is 4.09. The Morgan fingerprint density at radius 2 is 2.18 bits per heavy atom. The average molecular weight is 312 g/mol. The van der Waals surface area contributed by atoms with E-state index in [1.165, 1.54) is 24.1 Å². The Morgan fingerprint density at radius 1 is 1.27 bits per heavy atom. The monoisotopic (exact) mass is 312 g/mol. The normalized spacial score (nSPS) is 14.7. The van der Waals surface area contributed by atoms with Gasteiger partial charge >= 0.3 is 6.03 Å². The standard InChI is InChI=1S/C16H16N4OS/c21-15(19-13-6-2-5-12-11(13)7-8-17-12)20-16-18-9-14(22-16)10-3-1-4-10/h2,5-10,17H,1,3-4H2,(H2,18,19,20,21). The van der Waals surface area contributed by atoms with Crippen molar-refractivity contribution in [3.05, 3.63) is 41.5 Å². The number of rotatable bonds is 3. The number of H-pyrrole nitrogens is 1. The number of amides is 2. The lowest BCUT2D eigenvalue weighted by molar-refractivity contribution is 0.262. The molecular formula is C16H16N4OS. The lowest BCUT2D eigenvalue weighted by Gasteiger charge is -2.23. The van der Waals surface area contributed by atoms with Crippen LogP contribution in [-0.2, 0) is 0 Å². The molecular weight excluding hydrogens is 296 g/mol. The zero-order chi connectivity index (χ0) is 14.9. The van der Waals surface area contributed by atoms with E-state index in [1.807, 2.05) is 36.7 Å². The van der Waals surface area contributed by atoms with E-state index >= 15 is 0 Å². The molecule has 0 bridgehead atoms. The first-order valence-electron chi connectivity index (χ1n) is 7.39. The summed E-state index contributed by atoms with van der Waals surface area (Å²) in [7, 11) is 0. The molecule has 5 nitrogen and oxygen atoms in total. The minimum Gasteiger partial charge on any atom is -0.361 e. The van der Waals surface area contributed by atoms with Crippen molar-refractivity contribution in [1.82, 2.24) is 9.97 Å². The molecule has 2 aromatic heterocycles. The summed E-state index contributed by atoms with van der Waals surface area (Å²) in [6, 6.07) is 7.46. The number of nitrogens with zero attached hydrogens (tertiary/aromatic N) is 1. The van der Waals surface area contributed by atoms with Crippen LogP contribution in [0, 0.1) is 0 Å². The summed E-state index contributed by atoms with van der Waals surface area (Å²) in [5.74, 6) is 0.643. The van der Waals surface area contributed by atoms with E-state index < -0.39 is 0 Å². The number of nitrogens with one attached hydrogen (secondary N) is 3. The number of aromatic amines is 1. The van der Waals surface area contributed by atoms with Crippen LogP contribution in [0.2, 0.25) is 0 Å². The Bertz CT molecular complexity index is 818. The second-order valence-electron chi connectivity index (χ2n) is 5.52. The van der Waals surface area contributed by atoms with Gasteiger partial charge < -0.3 is 10.3 Å². The Labute approximate surface area is 131 Å². The van der Waals surface area contributed by atoms with Gasteiger partial charge in [-0.15, -0.1) is 11.3 Å². The van der Waals surface area contributed by atoms with Crippen molar-refractivity contribution in [2.45, 2.75) is 25.2 Å². The summed E-state index contributed by atoms with van der Waals surface area (Å²) in [6.45, 7) is 0. The Hall–Kier alpha value is -2.34. The van der Waals surface area contributed by atoms with Crippen molar-refractivity contribution in [1.29, 1.82) is 0 Å². The van der Waals surface area contributed by atoms with Gasteiger partial charge in [-0.05, 0) is 37.0 Å². The fourth-order valence-electron chi connectivity index (χ4n) is 2.67. The smallest absolute Gasteiger partial charge is 0.325 e. The van der Waals surface area contributed by atoms with Crippen LogP contribution < -0.4 is 10.6 Å². The van der Waals surface area contributed by atoms with Crippen LogP contribution in [0.15, 0.2) is 36.7 Å². The maximum atomic E-state index is 12.1. The molecule has 2 amide bonds. The molecule has 3 N–H and O–H groups in total. The van der Waals surface area contributed by atoms with Gasteiger partial charge in [0.05, 0.1) is 5.69 Å². The number of hydrogen-bond donors (Lipinski definition) is 3. The highest BCUT2D eigenvalue weighted by atomic mass is 32.1. The number of carbonyl (C=O) groups excluding carboxylic acids is 1. The van der Waals surface area contributed by atoms with E-state index in [9.17, 15) is 4.79 Å². The Balaban J connectivity index is 1.46. The number of thiazole rings is 1. The molecule has 1 fully saturated rings. The summed E-state index contributed by atoms with van der Waals surface area (Å²) in [6.07, 6.45) is 7.52. The Kier molecular flexibility index (Phi) is 3.31. The number of urea groups is 1. The average Bonchev–Trinajstić information content (AvgIpc) is 3.06. The predicted molar refractivity (Wildman–Crippen MR) is 89.6 cm³/mol. The van der Waals surface area contributed by atoms with Crippen LogP contribution >= 0.6 is 11.3 Å². The minimum atomic E-state index is -0.261. The molecule has 1 saturated carbocycles.